The smallest absolute Gasteiger partial charge is 0.267 e. The highest BCUT2D eigenvalue weighted by molar-refractivity contribution is 5.98. The lowest BCUT2D eigenvalue weighted by Gasteiger charge is -2.06. The molecule has 6 nitrogen and oxygen atoms in total. The third-order valence-electron chi connectivity index (χ3n) is 4.31. The van der Waals surface area contributed by atoms with Crippen molar-refractivity contribution in [1.82, 2.24) is 20.3 Å². The number of ether oxygens (including phenoxy) is 1. The van der Waals surface area contributed by atoms with Gasteiger partial charge < -0.3 is 15.0 Å². The highest BCUT2D eigenvalue weighted by atomic mass is 16.5. The molecule has 1 amide bonds. The minimum absolute atomic E-state index is 0.162. The summed E-state index contributed by atoms with van der Waals surface area (Å²) in [5.41, 5.74) is 4.11. The maximum Gasteiger partial charge on any atom is 0.267 e. The Kier molecular flexibility index (Phi) is 4.53. The second-order valence-electron chi connectivity index (χ2n) is 6.11. The average Bonchev–Trinajstić information content (AvgIpc) is 3.16. The molecule has 0 bridgehead atoms. The van der Waals surface area contributed by atoms with E-state index >= 15 is 0 Å². The number of methoxy groups -OCH3 is 1. The Bertz CT molecular complexity index is 1090. The van der Waals surface area contributed by atoms with Crippen LogP contribution in [0.25, 0.3) is 22.2 Å². The molecule has 4 rings (SSSR count). The first-order valence-electron chi connectivity index (χ1n) is 8.53. The number of fused-ring (bicyclic) bond motifs is 1. The van der Waals surface area contributed by atoms with Crippen LogP contribution in [-0.4, -0.2) is 28.0 Å². The van der Waals surface area contributed by atoms with Crippen molar-refractivity contribution in [2.45, 2.75) is 6.54 Å². The van der Waals surface area contributed by atoms with Gasteiger partial charge in [-0.25, -0.2) is 0 Å². The number of hydrogen-bond donors (Lipinski definition) is 2. The van der Waals surface area contributed by atoms with E-state index < -0.39 is 0 Å². The Morgan fingerprint density at radius 1 is 1.15 bits per heavy atom. The van der Waals surface area contributed by atoms with Gasteiger partial charge in [-0.05, 0) is 48.0 Å². The lowest BCUT2D eigenvalue weighted by Crippen LogP contribution is -2.23. The number of H-pyrrole nitrogens is 1. The van der Waals surface area contributed by atoms with Crippen LogP contribution in [0.5, 0.6) is 5.75 Å². The molecular weight excluding hydrogens is 340 g/mol. The average molecular weight is 358 g/mol. The Morgan fingerprint density at radius 3 is 2.89 bits per heavy atom. The molecular formula is C21H18N4O2. The van der Waals surface area contributed by atoms with E-state index in [9.17, 15) is 4.79 Å². The minimum Gasteiger partial charge on any atom is -0.497 e. The number of pyridine rings is 2. The summed E-state index contributed by atoms with van der Waals surface area (Å²) in [6, 6.07) is 15.2. The molecule has 0 saturated heterocycles. The Hall–Kier alpha value is -3.67. The van der Waals surface area contributed by atoms with Gasteiger partial charge in [0.25, 0.3) is 5.91 Å². The molecule has 27 heavy (non-hydrogen) atoms. The van der Waals surface area contributed by atoms with Crippen LogP contribution >= 0.6 is 0 Å². The molecule has 0 saturated carbocycles. The fraction of sp³-hybridized carbons (Fsp3) is 0.0952. The van der Waals surface area contributed by atoms with Gasteiger partial charge in [0, 0.05) is 47.7 Å². The summed E-state index contributed by atoms with van der Waals surface area (Å²) in [5.74, 6) is 0.584. The predicted molar refractivity (Wildman–Crippen MR) is 103 cm³/mol. The number of hydrogen-bond acceptors (Lipinski definition) is 4. The minimum atomic E-state index is -0.162. The van der Waals surface area contributed by atoms with Crippen molar-refractivity contribution in [2.24, 2.45) is 0 Å². The van der Waals surface area contributed by atoms with Crippen LogP contribution in [0.2, 0.25) is 0 Å². The zero-order chi connectivity index (χ0) is 18.6. The van der Waals surface area contributed by atoms with Crippen LogP contribution < -0.4 is 10.1 Å². The Balaban J connectivity index is 1.48. The molecule has 0 aliphatic heterocycles. The third kappa shape index (κ3) is 3.64. The summed E-state index contributed by atoms with van der Waals surface area (Å²) in [7, 11) is 1.62. The van der Waals surface area contributed by atoms with Gasteiger partial charge >= 0.3 is 0 Å². The van der Waals surface area contributed by atoms with Crippen LogP contribution in [0.4, 0.5) is 0 Å². The fourth-order valence-corrected chi connectivity index (χ4v) is 2.89. The monoisotopic (exact) mass is 358 g/mol. The van der Waals surface area contributed by atoms with E-state index in [4.69, 9.17) is 4.74 Å². The lowest BCUT2D eigenvalue weighted by atomic mass is 10.1. The quantitative estimate of drug-likeness (QED) is 0.572. The number of carbonyl (C=O) groups is 1. The zero-order valence-electron chi connectivity index (χ0n) is 14.8. The van der Waals surface area contributed by atoms with Crippen molar-refractivity contribution >= 4 is 16.8 Å². The van der Waals surface area contributed by atoms with Gasteiger partial charge in [0.05, 0.1) is 12.8 Å². The van der Waals surface area contributed by atoms with Crippen LogP contribution in [-0.2, 0) is 6.54 Å². The maximum atomic E-state index is 12.5. The molecule has 134 valence electrons. The molecule has 1 aromatic carbocycles. The van der Waals surface area contributed by atoms with Crippen molar-refractivity contribution in [3.63, 3.8) is 0 Å². The topological polar surface area (TPSA) is 79.9 Å². The highest BCUT2D eigenvalue weighted by Gasteiger charge is 2.10. The lowest BCUT2D eigenvalue weighted by molar-refractivity contribution is 0.0946. The van der Waals surface area contributed by atoms with Crippen molar-refractivity contribution < 1.29 is 9.53 Å². The normalized spacial score (nSPS) is 10.7. The summed E-state index contributed by atoms with van der Waals surface area (Å²) in [6.07, 6.45) is 5.23. The fourth-order valence-electron chi connectivity index (χ4n) is 2.89. The summed E-state index contributed by atoms with van der Waals surface area (Å²) in [4.78, 5) is 24.1. The van der Waals surface area contributed by atoms with E-state index in [1.54, 1.807) is 25.7 Å². The van der Waals surface area contributed by atoms with Gasteiger partial charge in [0.15, 0.2) is 0 Å². The van der Waals surface area contributed by atoms with Crippen LogP contribution in [0.15, 0.2) is 67.1 Å². The van der Waals surface area contributed by atoms with Gasteiger partial charge in [-0.1, -0.05) is 0 Å². The molecule has 0 aliphatic rings. The van der Waals surface area contributed by atoms with E-state index in [0.29, 0.717) is 12.2 Å². The number of amides is 1. The molecule has 6 heteroatoms. The first-order chi connectivity index (χ1) is 13.2. The molecule has 0 atom stereocenters. The van der Waals surface area contributed by atoms with Crippen molar-refractivity contribution in [3.05, 3.63) is 78.4 Å². The van der Waals surface area contributed by atoms with E-state index in [1.807, 2.05) is 48.5 Å². The van der Waals surface area contributed by atoms with Crippen LogP contribution in [0.1, 0.15) is 16.1 Å². The van der Waals surface area contributed by atoms with Crippen LogP contribution in [0, 0.1) is 0 Å². The molecule has 0 fully saturated rings. The highest BCUT2D eigenvalue weighted by Crippen LogP contribution is 2.21. The first-order valence-corrected chi connectivity index (χ1v) is 8.53. The zero-order valence-corrected chi connectivity index (χ0v) is 14.8. The number of aromatic amines is 1. The Morgan fingerprint density at radius 2 is 2.07 bits per heavy atom. The SMILES string of the molecule is COc1ccc2cc(C(=O)NCc3ccnc(-c4cccnc4)c3)[nH]c2c1. The van der Waals surface area contributed by atoms with E-state index in [2.05, 4.69) is 20.3 Å². The number of aromatic nitrogens is 3. The molecule has 2 N–H and O–H groups in total. The molecule has 0 aliphatic carbocycles. The van der Waals surface area contributed by atoms with E-state index in [1.165, 1.54) is 0 Å². The second-order valence-corrected chi connectivity index (χ2v) is 6.11. The standard InChI is InChI=1S/C21H18N4O2/c1-27-17-5-4-15-10-20(25-19(15)11-17)21(26)24-12-14-6-8-23-18(9-14)16-3-2-7-22-13-16/h2-11,13,25H,12H2,1H3,(H,24,26). The van der Waals surface area contributed by atoms with Gasteiger partial charge in [0.1, 0.15) is 11.4 Å². The number of carbonyl (C=O) groups excluding carboxylic acids is 1. The number of nitrogens with zero attached hydrogens (tertiary/aromatic N) is 2. The van der Waals surface area contributed by atoms with Gasteiger partial charge in [0.2, 0.25) is 0 Å². The molecule has 4 aromatic rings. The number of benzene rings is 1. The predicted octanol–water partition coefficient (Wildman–Crippen LogP) is 3.56. The number of rotatable bonds is 5. The van der Waals surface area contributed by atoms with Crippen molar-refractivity contribution in [3.8, 4) is 17.0 Å². The molecule has 0 spiro atoms. The maximum absolute atomic E-state index is 12.5. The van der Waals surface area contributed by atoms with Gasteiger partial charge in [-0.3, -0.25) is 14.8 Å². The summed E-state index contributed by atoms with van der Waals surface area (Å²) in [6.45, 7) is 0.410. The summed E-state index contributed by atoms with van der Waals surface area (Å²) < 4.78 is 5.21. The van der Waals surface area contributed by atoms with Crippen molar-refractivity contribution in [1.29, 1.82) is 0 Å². The first kappa shape index (κ1) is 16.8. The van der Waals surface area contributed by atoms with Gasteiger partial charge in [-0.2, -0.15) is 0 Å². The van der Waals surface area contributed by atoms with Gasteiger partial charge in [-0.15, -0.1) is 0 Å². The summed E-state index contributed by atoms with van der Waals surface area (Å²) in [5, 5.41) is 3.90. The Labute approximate surface area is 156 Å². The van der Waals surface area contributed by atoms with E-state index in [-0.39, 0.29) is 5.91 Å². The summed E-state index contributed by atoms with van der Waals surface area (Å²) >= 11 is 0. The number of nitrogens with one attached hydrogen (secondary N) is 2. The third-order valence-corrected chi connectivity index (χ3v) is 4.31. The molecule has 0 unspecified atom stereocenters. The van der Waals surface area contributed by atoms with Crippen LogP contribution in [0.3, 0.4) is 0 Å². The molecule has 0 radical (unpaired) electrons. The van der Waals surface area contributed by atoms with Crippen molar-refractivity contribution in [2.75, 3.05) is 7.11 Å². The second kappa shape index (κ2) is 7.29. The molecule has 3 heterocycles. The van der Waals surface area contributed by atoms with E-state index in [0.717, 1.165) is 33.5 Å². The molecule has 3 aromatic heterocycles. The largest absolute Gasteiger partial charge is 0.497 e.